The van der Waals surface area contributed by atoms with Crippen LogP contribution in [0.4, 0.5) is 5.69 Å². The number of carbonyl (C=O) groups is 1. The zero-order chi connectivity index (χ0) is 10.7. The van der Waals surface area contributed by atoms with Crippen LogP contribution in [0, 0.1) is 0 Å². The zero-order valence-corrected chi connectivity index (χ0v) is 8.16. The lowest BCUT2D eigenvalue weighted by molar-refractivity contribution is -0.138. The molecule has 0 unspecified atom stereocenters. The number of aliphatic carboxylic acids is 1. The van der Waals surface area contributed by atoms with Crippen LogP contribution in [-0.2, 0) is 11.2 Å². The Morgan fingerprint density at radius 3 is 2.71 bits per heavy atom. The van der Waals surface area contributed by atoms with Crippen molar-refractivity contribution in [3.05, 3.63) is 28.8 Å². The van der Waals surface area contributed by atoms with E-state index >= 15 is 0 Å². The van der Waals surface area contributed by atoms with Crippen molar-refractivity contribution in [2.45, 2.75) is 12.5 Å². The summed E-state index contributed by atoms with van der Waals surface area (Å²) in [6.07, 6.45) is 0.245. The quantitative estimate of drug-likeness (QED) is 0.652. The maximum Gasteiger partial charge on any atom is 0.320 e. The molecule has 0 aliphatic heterocycles. The van der Waals surface area contributed by atoms with Gasteiger partial charge in [-0.15, -0.1) is 0 Å². The molecule has 0 fully saturated rings. The summed E-state index contributed by atoms with van der Waals surface area (Å²) in [7, 11) is 0. The maximum absolute atomic E-state index is 10.5. The fourth-order valence-electron chi connectivity index (χ4n) is 1.04. The van der Waals surface area contributed by atoms with Crippen LogP contribution in [-0.4, -0.2) is 17.1 Å². The smallest absolute Gasteiger partial charge is 0.320 e. The van der Waals surface area contributed by atoms with Crippen molar-refractivity contribution < 1.29 is 9.90 Å². The van der Waals surface area contributed by atoms with Crippen molar-refractivity contribution in [1.82, 2.24) is 0 Å². The molecule has 1 aromatic carbocycles. The Balaban J connectivity index is 2.78. The first-order valence-corrected chi connectivity index (χ1v) is 4.41. The number of nitrogen functional groups attached to an aromatic ring is 1. The van der Waals surface area contributed by atoms with Crippen LogP contribution in [0.2, 0.25) is 5.02 Å². The first-order valence-electron chi connectivity index (χ1n) is 4.03. The van der Waals surface area contributed by atoms with Crippen molar-refractivity contribution in [3.8, 4) is 0 Å². The van der Waals surface area contributed by atoms with Crippen molar-refractivity contribution >= 4 is 23.3 Å². The highest BCUT2D eigenvalue weighted by Crippen LogP contribution is 2.20. The predicted molar refractivity (Wildman–Crippen MR) is 55.2 cm³/mol. The van der Waals surface area contributed by atoms with Gasteiger partial charge in [0.05, 0.1) is 10.7 Å². The number of carboxylic acids is 1. The molecule has 76 valence electrons. The van der Waals surface area contributed by atoms with Gasteiger partial charge in [-0.05, 0) is 24.1 Å². The molecular weight excluding hydrogens is 204 g/mol. The predicted octanol–water partition coefficient (Wildman–Crippen LogP) is 0.877. The number of rotatable bonds is 3. The van der Waals surface area contributed by atoms with Gasteiger partial charge in [-0.3, -0.25) is 4.79 Å². The molecule has 0 saturated carbocycles. The minimum absolute atomic E-state index is 0.245. The van der Waals surface area contributed by atoms with Gasteiger partial charge in [-0.25, -0.2) is 0 Å². The summed E-state index contributed by atoms with van der Waals surface area (Å²) in [4.78, 5) is 10.5. The van der Waals surface area contributed by atoms with Crippen LogP contribution in [0.25, 0.3) is 0 Å². The molecule has 0 radical (unpaired) electrons. The van der Waals surface area contributed by atoms with Gasteiger partial charge >= 0.3 is 5.97 Å². The van der Waals surface area contributed by atoms with E-state index in [2.05, 4.69) is 0 Å². The van der Waals surface area contributed by atoms with Crippen LogP contribution >= 0.6 is 11.6 Å². The molecule has 0 spiro atoms. The molecule has 0 aliphatic carbocycles. The maximum atomic E-state index is 10.5. The van der Waals surface area contributed by atoms with Gasteiger partial charge in [0, 0.05) is 0 Å². The fourth-order valence-corrected chi connectivity index (χ4v) is 1.24. The first kappa shape index (κ1) is 10.8. The van der Waals surface area contributed by atoms with E-state index in [1.165, 1.54) is 0 Å². The number of benzene rings is 1. The van der Waals surface area contributed by atoms with Crippen molar-refractivity contribution in [2.75, 3.05) is 5.73 Å². The number of carboxylic acid groups (broad SMARTS) is 1. The number of hydrogen-bond acceptors (Lipinski definition) is 3. The third-order valence-corrected chi connectivity index (χ3v) is 2.17. The third-order valence-electron chi connectivity index (χ3n) is 1.84. The molecule has 0 heterocycles. The van der Waals surface area contributed by atoms with E-state index < -0.39 is 12.0 Å². The molecule has 0 amide bonds. The van der Waals surface area contributed by atoms with Gasteiger partial charge in [-0.1, -0.05) is 17.7 Å². The van der Waals surface area contributed by atoms with E-state index in [0.29, 0.717) is 10.7 Å². The largest absolute Gasteiger partial charge is 0.480 e. The number of nitrogens with two attached hydrogens (primary N) is 2. The normalized spacial score (nSPS) is 12.4. The molecule has 1 rings (SSSR count). The van der Waals surface area contributed by atoms with E-state index in [0.717, 1.165) is 5.56 Å². The SMILES string of the molecule is Nc1ccc(C[C@H](N)C(=O)O)cc1Cl. The van der Waals surface area contributed by atoms with Gasteiger partial charge < -0.3 is 16.6 Å². The summed E-state index contributed by atoms with van der Waals surface area (Å²) in [5, 5.41) is 9.00. The molecular formula is C9H11ClN2O2. The summed E-state index contributed by atoms with van der Waals surface area (Å²) in [5.41, 5.74) is 12.1. The zero-order valence-electron chi connectivity index (χ0n) is 7.40. The van der Waals surface area contributed by atoms with Gasteiger partial charge in [0.2, 0.25) is 0 Å². The van der Waals surface area contributed by atoms with Crippen molar-refractivity contribution in [2.24, 2.45) is 5.73 Å². The minimum Gasteiger partial charge on any atom is -0.480 e. The van der Waals surface area contributed by atoms with Crippen molar-refractivity contribution in [1.29, 1.82) is 0 Å². The van der Waals surface area contributed by atoms with E-state index in [-0.39, 0.29) is 6.42 Å². The molecule has 14 heavy (non-hydrogen) atoms. The Morgan fingerprint density at radius 1 is 1.57 bits per heavy atom. The van der Waals surface area contributed by atoms with Crippen LogP contribution < -0.4 is 11.5 Å². The van der Waals surface area contributed by atoms with Crippen LogP contribution in [0.15, 0.2) is 18.2 Å². The molecule has 1 aromatic rings. The summed E-state index contributed by atoms with van der Waals surface area (Å²) < 4.78 is 0. The Morgan fingerprint density at radius 2 is 2.21 bits per heavy atom. The molecule has 0 aromatic heterocycles. The van der Waals surface area contributed by atoms with Gasteiger partial charge in [-0.2, -0.15) is 0 Å². The van der Waals surface area contributed by atoms with Gasteiger partial charge in [0.1, 0.15) is 6.04 Å². The summed E-state index contributed by atoms with van der Waals surface area (Å²) in [6.45, 7) is 0. The minimum atomic E-state index is -1.03. The Labute approximate surface area is 86.5 Å². The fraction of sp³-hybridized carbons (Fsp3) is 0.222. The molecule has 5 heteroatoms. The third kappa shape index (κ3) is 2.61. The van der Waals surface area contributed by atoms with Crippen LogP contribution in [0.1, 0.15) is 5.56 Å². The second kappa shape index (κ2) is 4.30. The highest BCUT2D eigenvalue weighted by Gasteiger charge is 2.12. The lowest BCUT2D eigenvalue weighted by Gasteiger charge is -2.07. The average molecular weight is 215 g/mol. The summed E-state index contributed by atoms with van der Waals surface area (Å²) >= 11 is 5.76. The molecule has 5 N–H and O–H groups in total. The molecule has 0 bridgehead atoms. The van der Waals surface area contributed by atoms with Crippen LogP contribution in [0.5, 0.6) is 0 Å². The topological polar surface area (TPSA) is 89.3 Å². The Hall–Kier alpha value is -1.26. The second-order valence-electron chi connectivity index (χ2n) is 3.00. The number of halogens is 1. The highest BCUT2D eigenvalue weighted by atomic mass is 35.5. The molecule has 0 aliphatic rings. The Bertz CT molecular complexity index is 355. The Kier molecular flexibility index (Phi) is 3.33. The second-order valence-corrected chi connectivity index (χ2v) is 3.41. The number of hydrogen-bond donors (Lipinski definition) is 3. The standard InChI is InChI=1S/C9H11ClN2O2/c10-6-3-5(1-2-7(6)11)4-8(12)9(13)14/h1-3,8H,4,11-12H2,(H,13,14)/t8-/m0/s1. The monoisotopic (exact) mass is 214 g/mol. The highest BCUT2D eigenvalue weighted by molar-refractivity contribution is 6.33. The number of anilines is 1. The van der Waals surface area contributed by atoms with E-state index in [1.54, 1.807) is 18.2 Å². The van der Waals surface area contributed by atoms with Gasteiger partial charge in [0.25, 0.3) is 0 Å². The lowest BCUT2D eigenvalue weighted by atomic mass is 10.1. The van der Waals surface area contributed by atoms with Gasteiger partial charge in [0.15, 0.2) is 0 Å². The van der Waals surface area contributed by atoms with Crippen molar-refractivity contribution in [3.63, 3.8) is 0 Å². The summed E-state index contributed by atoms with van der Waals surface area (Å²) in [5.74, 6) is -1.03. The van der Waals surface area contributed by atoms with E-state index in [1.807, 2.05) is 0 Å². The lowest BCUT2D eigenvalue weighted by Crippen LogP contribution is -2.32. The molecule has 4 nitrogen and oxygen atoms in total. The molecule has 0 saturated heterocycles. The van der Waals surface area contributed by atoms with Crippen LogP contribution in [0.3, 0.4) is 0 Å². The average Bonchev–Trinajstić information content (AvgIpc) is 2.11. The molecule has 1 atom stereocenters. The summed E-state index contributed by atoms with van der Waals surface area (Å²) in [6, 6.07) is 4.06. The first-order chi connectivity index (χ1) is 6.50. The van der Waals surface area contributed by atoms with E-state index in [4.69, 9.17) is 28.2 Å². The van der Waals surface area contributed by atoms with E-state index in [9.17, 15) is 4.79 Å².